The number of hydrogen-bond acceptors (Lipinski definition) is 4. The minimum absolute atomic E-state index is 0.0334. The molecule has 0 saturated carbocycles. The van der Waals surface area contributed by atoms with Gasteiger partial charge in [-0.1, -0.05) is 59.6 Å². The molecule has 1 aromatic heterocycles. The van der Waals surface area contributed by atoms with E-state index in [1.807, 2.05) is 51.1 Å². The molecule has 0 radical (unpaired) electrons. The number of hydrazone groups is 1. The number of para-hydroxylation sites is 1. The van der Waals surface area contributed by atoms with Crippen molar-refractivity contribution >= 4 is 51.0 Å². The Hall–Kier alpha value is -3.59. The summed E-state index contributed by atoms with van der Waals surface area (Å²) in [7, 11) is -4.08. The lowest BCUT2D eigenvalue weighted by Crippen LogP contribution is -2.39. The zero-order chi connectivity index (χ0) is 27.4. The highest BCUT2D eigenvalue weighted by atomic mass is 35.5. The van der Waals surface area contributed by atoms with Crippen LogP contribution >= 0.6 is 23.2 Å². The number of carbonyl (C=O) groups is 1. The maximum absolute atomic E-state index is 13.4. The highest BCUT2D eigenvalue weighted by Crippen LogP contribution is 2.30. The fourth-order valence-corrected chi connectivity index (χ4v) is 5.84. The number of benzene rings is 3. The summed E-state index contributed by atoms with van der Waals surface area (Å²) in [5.41, 5.74) is 7.64. The van der Waals surface area contributed by atoms with E-state index < -0.39 is 22.5 Å². The number of sulfonamides is 1. The van der Waals surface area contributed by atoms with Crippen LogP contribution in [0.5, 0.6) is 0 Å². The van der Waals surface area contributed by atoms with Gasteiger partial charge in [0.1, 0.15) is 6.54 Å². The van der Waals surface area contributed by atoms with Gasteiger partial charge in [-0.3, -0.25) is 9.10 Å². The van der Waals surface area contributed by atoms with Crippen molar-refractivity contribution in [3.8, 4) is 5.69 Å². The molecule has 0 fully saturated rings. The molecular formula is C28H26Cl2N4O3S. The van der Waals surface area contributed by atoms with Crippen molar-refractivity contribution in [2.75, 3.05) is 10.8 Å². The highest BCUT2D eigenvalue weighted by molar-refractivity contribution is 7.92. The van der Waals surface area contributed by atoms with Crippen LogP contribution in [0.4, 0.5) is 5.69 Å². The van der Waals surface area contributed by atoms with Gasteiger partial charge in [0.25, 0.3) is 15.9 Å². The van der Waals surface area contributed by atoms with Crippen LogP contribution in [0.25, 0.3) is 5.69 Å². The summed E-state index contributed by atoms with van der Waals surface area (Å²) in [6, 6.07) is 22.3. The molecular weight excluding hydrogens is 543 g/mol. The number of hydrogen-bond donors (Lipinski definition) is 1. The van der Waals surface area contributed by atoms with Crippen LogP contribution in [0.2, 0.25) is 10.0 Å². The summed E-state index contributed by atoms with van der Waals surface area (Å²) in [6.07, 6.45) is 1.55. The van der Waals surface area contributed by atoms with Gasteiger partial charge >= 0.3 is 0 Å². The Labute approximate surface area is 232 Å². The predicted molar refractivity (Wildman–Crippen MR) is 153 cm³/mol. The third-order valence-electron chi connectivity index (χ3n) is 6.03. The number of halogens is 2. The first kappa shape index (κ1) is 27.4. The molecule has 0 saturated heterocycles. The van der Waals surface area contributed by atoms with E-state index in [1.165, 1.54) is 30.3 Å². The number of nitrogens with one attached hydrogen (secondary N) is 1. The van der Waals surface area contributed by atoms with Crippen molar-refractivity contribution in [3.63, 3.8) is 0 Å². The van der Waals surface area contributed by atoms with Crippen LogP contribution in [-0.4, -0.2) is 31.7 Å². The summed E-state index contributed by atoms with van der Waals surface area (Å²) >= 11 is 12.2. The minimum atomic E-state index is -4.08. The monoisotopic (exact) mass is 568 g/mol. The first-order chi connectivity index (χ1) is 18.1. The second-order valence-electron chi connectivity index (χ2n) is 8.66. The van der Waals surface area contributed by atoms with E-state index in [9.17, 15) is 13.2 Å². The van der Waals surface area contributed by atoms with Gasteiger partial charge in [-0.15, -0.1) is 0 Å². The largest absolute Gasteiger partial charge is 0.318 e. The molecule has 0 bridgehead atoms. The van der Waals surface area contributed by atoms with E-state index in [1.54, 1.807) is 24.4 Å². The van der Waals surface area contributed by atoms with E-state index in [-0.39, 0.29) is 20.6 Å². The molecule has 0 aliphatic heterocycles. The number of aromatic nitrogens is 1. The first-order valence-electron chi connectivity index (χ1n) is 11.7. The molecule has 7 nitrogen and oxygen atoms in total. The number of anilines is 1. The lowest BCUT2D eigenvalue weighted by Gasteiger charge is -2.24. The molecule has 1 N–H and O–H groups in total. The number of amides is 1. The SMILES string of the molecule is Cc1ccccc1-n1c(C)cc(/C=N/NC(=O)CN(c2ccc(Cl)c(Cl)c2)S(=O)(=O)c2ccccc2)c1C. The van der Waals surface area contributed by atoms with Gasteiger partial charge in [0, 0.05) is 22.6 Å². The number of nitrogens with zero attached hydrogens (tertiary/aromatic N) is 3. The second kappa shape index (κ2) is 11.4. The Balaban J connectivity index is 1.57. The molecule has 10 heteroatoms. The smallest absolute Gasteiger partial charge is 0.264 e. The molecule has 196 valence electrons. The summed E-state index contributed by atoms with van der Waals surface area (Å²) in [5.74, 6) is -0.625. The van der Waals surface area contributed by atoms with Gasteiger partial charge in [-0.25, -0.2) is 13.8 Å². The van der Waals surface area contributed by atoms with E-state index in [4.69, 9.17) is 23.2 Å². The van der Waals surface area contributed by atoms with Gasteiger partial charge in [-0.05, 0) is 68.8 Å². The Bertz CT molecular complexity index is 1620. The van der Waals surface area contributed by atoms with E-state index in [0.717, 1.165) is 32.5 Å². The number of rotatable bonds is 8. The Morgan fingerprint density at radius 1 is 0.947 bits per heavy atom. The number of aryl methyl sites for hydroxylation is 2. The standard InChI is InChI=1S/C28H26Cl2N4O3S/c1-19-9-7-8-12-27(19)34-20(2)15-22(21(34)3)17-31-32-28(35)18-33(23-13-14-25(29)26(30)16-23)38(36,37)24-10-5-4-6-11-24/h4-17H,18H2,1-3H3,(H,32,35)/b31-17+. The maximum atomic E-state index is 13.4. The van der Waals surface area contributed by atoms with Crippen LogP contribution < -0.4 is 9.73 Å². The maximum Gasteiger partial charge on any atom is 0.264 e. The summed E-state index contributed by atoms with van der Waals surface area (Å²) in [4.78, 5) is 12.9. The molecule has 4 aromatic rings. The van der Waals surface area contributed by atoms with Crippen LogP contribution in [-0.2, 0) is 14.8 Å². The summed E-state index contributed by atoms with van der Waals surface area (Å²) in [6.45, 7) is 5.50. The third kappa shape index (κ3) is 5.78. The zero-order valence-electron chi connectivity index (χ0n) is 21.0. The average molecular weight is 570 g/mol. The molecule has 1 amide bonds. The third-order valence-corrected chi connectivity index (χ3v) is 8.56. The molecule has 38 heavy (non-hydrogen) atoms. The lowest BCUT2D eigenvalue weighted by molar-refractivity contribution is -0.119. The van der Waals surface area contributed by atoms with E-state index >= 15 is 0 Å². The van der Waals surface area contributed by atoms with Crippen molar-refractivity contribution in [1.82, 2.24) is 9.99 Å². The minimum Gasteiger partial charge on any atom is -0.318 e. The van der Waals surface area contributed by atoms with Crippen LogP contribution in [0.15, 0.2) is 88.9 Å². The number of carbonyl (C=O) groups excluding carboxylic acids is 1. The lowest BCUT2D eigenvalue weighted by atomic mass is 10.2. The van der Waals surface area contributed by atoms with Crippen LogP contribution in [0.3, 0.4) is 0 Å². The molecule has 3 aromatic carbocycles. The molecule has 0 atom stereocenters. The fraction of sp³-hybridized carbons (Fsp3) is 0.143. The average Bonchev–Trinajstić information content (AvgIpc) is 3.17. The quantitative estimate of drug-likeness (QED) is 0.207. The zero-order valence-corrected chi connectivity index (χ0v) is 23.3. The van der Waals surface area contributed by atoms with Crippen LogP contribution in [0.1, 0.15) is 22.5 Å². The molecule has 0 aliphatic rings. The van der Waals surface area contributed by atoms with Crippen molar-refractivity contribution in [2.45, 2.75) is 25.7 Å². The predicted octanol–water partition coefficient (Wildman–Crippen LogP) is 6.05. The van der Waals surface area contributed by atoms with Crippen molar-refractivity contribution in [1.29, 1.82) is 0 Å². The topological polar surface area (TPSA) is 83.8 Å². The van der Waals surface area contributed by atoms with Gasteiger partial charge < -0.3 is 4.57 Å². The van der Waals surface area contributed by atoms with Crippen molar-refractivity contribution in [2.24, 2.45) is 5.10 Å². The van der Waals surface area contributed by atoms with E-state index in [2.05, 4.69) is 15.1 Å². The molecule has 4 rings (SSSR count). The molecule has 0 aliphatic carbocycles. The molecule has 0 spiro atoms. The molecule has 0 unspecified atom stereocenters. The second-order valence-corrected chi connectivity index (χ2v) is 11.3. The first-order valence-corrected chi connectivity index (χ1v) is 13.9. The van der Waals surface area contributed by atoms with E-state index in [0.29, 0.717) is 0 Å². The van der Waals surface area contributed by atoms with Gasteiger partial charge in [0.15, 0.2) is 0 Å². The Morgan fingerprint density at radius 3 is 2.32 bits per heavy atom. The van der Waals surface area contributed by atoms with Crippen molar-refractivity contribution in [3.05, 3.63) is 111 Å². The normalized spacial score (nSPS) is 11.6. The summed E-state index contributed by atoms with van der Waals surface area (Å²) < 4.78 is 30.0. The van der Waals surface area contributed by atoms with Gasteiger partial charge in [0.05, 0.1) is 26.8 Å². The summed E-state index contributed by atoms with van der Waals surface area (Å²) in [5, 5.41) is 4.53. The van der Waals surface area contributed by atoms with Crippen molar-refractivity contribution < 1.29 is 13.2 Å². The Kier molecular flexibility index (Phi) is 8.26. The van der Waals surface area contributed by atoms with Gasteiger partial charge in [0.2, 0.25) is 0 Å². The van der Waals surface area contributed by atoms with Crippen LogP contribution in [0, 0.1) is 20.8 Å². The molecule has 1 heterocycles. The fourth-order valence-electron chi connectivity index (χ4n) is 4.12. The highest BCUT2D eigenvalue weighted by Gasteiger charge is 2.27. The van der Waals surface area contributed by atoms with Gasteiger partial charge in [-0.2, -0.15) is 5.10 Å². The Morgan fingerprint density at radius 2 is 1.63 bits per heavy atom.